The molecule has 1 aromatic rings. The van der Waals surface area contributed by atoms with E-state index in [0.29, 0.717) is 18.6 Å². The molecule has 6 heteroatoms. The number of carboxylic acids is 1. The third-order valence-electron chi connectivity index (χ3n) is 3.05. The molecule has 1 rings (SSSR count). The Hall–Kier alpha value is -2.11. The number of benzene rings is 1. The van der Waals surface area contributed by atoms with Crippen LogP contribution in [-0.4, -0.2) is 29.1 Å². The Kier molecular flexibility index (Phi) is 6.14. The Labute approximate surface area is 123 Å². The molecule has 0 heterocycles. The highest BCUT2D eigenvalue weighted by molar-refractivity contribution is 5.86. The summed E-state index contributed by atoms with van der Waals surface area (Å²) >= 11 is 0. The van der Waals surface area contributed by atoms with Gasteiger partial charge in [0.2, 0.25) is 5.91 Å². The smallest absolute Gasteiger partial charge is 0.329 e. The Balaban J connectivity index is 2.43. The second kappa shape index (κ2) is 7.61. The van der Waals surface area contributed by atoms with Gasteiger partial charge in [0, 0.05) is 0 Å². The minimum Gasteiger partial charge on any atom is -0.493 e. The van der Waals surface area contributed by atoms with Crippen molar-refractivity contribution in [3.05, 3.63) is 30.1 Å². The lowest BCUT2D eigenvalue weighted by molar-refractivity contribution is -0.147. The highest BCUT2D eigenvalue weighted by atomic mass is 19.1. The van der Waals surface area contributed by atoms with Gasteiger partial charge in [-0.15, -0.1) is 0 Å². The lowest BCUT2D eigenvalue weighted by Gasteiger charge is -2.25. The number of halogens is 1. The molecular weight excluding hydrogens is 277 g/mol. The number of carboxylic acid groups (broad SMARTS) is 1. The van der Waals surface area contributed by atoms with Crippen LogP contribution in [0.15, 0.2) is 24.3 Å². The van der Waals surface area contributed by atoms with Crippen LogP contribution in [0, 0.1) is 5.82 Å². The van der Waals surface area contributed by atoms with Gasteiger partial charge in [0.25, 0.3) is 0 Å². The molecular formula is C15H20FNO4. The molecule has 0 aliphatic carbocycles. The van der Waals surface area contributed by atoms with E-state index in [2.05, 4.69) is 5.32 Å². The first-order valence-corrected chi connectivity index (χ1v) is 6.80. The maximum Gasteiger partial charge on any atom is 0.329 e. The van der Waals surface area contributed by atoms with Crippen LogP contribution in [-0.2, 0) is 9.59 Å². The SMILES string of the molecule is CCCC(C)(NC(=O)CCOc1ccc(F)cc1)C(=O)O. The third-order valence-corrected chi connectivity index (χ3v) is 3.05. The molecule has 0 aliphatic heterocycles. The lowest BCUT2D eigenvalue weighted by atomic mass is 9.96. The van der Waals surface area contributed by atoms with Crippen molar-refractivity contribution in [3.8, 4) is 5.75 Å². The normalized spacial score (nSPS) is 13.3. The number of rotatable bonds is 8. The summed E-state index contributed by atoms with van der Waals surface area (Å²) in [5.74, 6) is -1.36. The quantitative estimate of drug-likeness (QED) is 0.772. The van der Waals surface area contributed by atoms with E-state index in [9.17, 15) is 14.0 Å². The number of aliphatic carboxylic acids is 1. The second-order valence-corrected chi connectivity index (χ2v) is 4.99. The molecule has 0 bridgehead atoms. The van der Waals surface area contributed by atoms with E-state index in [4.69, 9.17) is 9.84 Å². The number of amides is 1. The molecule has 2 N–H and O–H groups in total. The molecule has 0 fully saturated rings. The van der Waals surface area contributed by atoms with E-state index in [1.807, 2.05) is 6.92 Å². The summed E-state index contributed by atoms with van der Waals surface area (Å²) in [4.78, 5) is 23.0. The van der Waals surface area contributed by atoms with E-state index in [-0.39, 0.29) is 18.8 Å². The lowest BCUT2D eigenvalue weighted by Crippen LogP contribution is -2.52. The third kappa shape index (κ3) is 5.41. The maximum atomic E-state index is 12.7. The first-order valence-electron chi connectivity index (χ1n) is 6.80. The van der Waals surface area contributed by atoms with E-state index < -0.39 is 17.4 Å². The fourth-order valence-corrected chi connectivity index (χ4v) is 1.89. The monoisotopic (exact) mass is 297 g/mol. The van der Waals surface area contributed by atoms with Crippen LogP contribution in [0.2, 0.25) is 0 Å². The molecule has 1 amide bonds. The zero-order valence-electron chi connectivity index (χ0n) is 12.2. The van der Waals surface area contributed by atoms with Gasteiger partial charge in [0.1, 0.15) is 17.1 Å². The molecule has 1 unspecified atom stereocenters. The number of ether oxygens (including phenoxy) is 1. The standard InChI is InChI=1S/C15H20FNO4/c1-3-9-15(2,14(19)20)17-13(18)8-10-21-12-6-4-11(16)5-7-12/h4-7H,3,8-10H2,1-2H3,(H,17,18)(H,19,20). The number of nitrogens with one attached hydrogen (secondary N) is 1. The zero-order valence-corrected chi connectivity index (χ0v) is 12.2. The van der Waals surface area contributed by atoms with E-state index in [0.717, 1.165) is 0 Å². The molecule has 1 aromatic carbocycles. The van der Waals surface area contributed by atoms with Gasteiger partial charge in [0.05, 0.1) is 13.0 Å². The van der Waals surface area contributed by atoms with Crippen LogP contribution in [0.4, 0.5) is 4.39 Å². The average Bonchev–Trinajstić information content (AvgIpc) is 2.41. The van der Waals surface area contributed by atoms with Crippen LogP contribution < -0.4 is 10.1 Å². The van der Waals surface area contributed by atoms with Gasteiger partial charge in [-0.2, -0.15) is 0 Å². The van der Waals surface area contributed by atoms with Gasteiger partial charge in [-0.3, -0.25) is 4.79 Å². The predicted molar refractivity (Wildman–Crippen MR) is 75.6 cm³/mol. The van der Waals surface area contributed by atoms with Gasteiger partial charge in [-0.25, -0.2) is 9.18 Å². The minimum atomic E-state index is -1.26. The van der Waals surface area contributed by atoms with Gasteiger partial charge < -0.3 is 15.2 Å². The van der Waals surface area contributed by atoms with Crippen LogP contribution in [0.5, 0.6) is 5.75 Å². The maximum absolute atomic E-state index is 12.7. The zero-order chi connectivity index (χ0) is 15.9. The molecule has 5 nitrogen and oxygen atoms in total. The summed E-state index contributed by atoms with van der Waals surface area (Å²) in [6, 6.07) is 5.45. The van der Waals surface area contributed by atoms with Crippen molar-refractivity contribution in [1.29, 1.82) is 0 Å². The Morgan fingerprint density at radius 1 is 1.33 bits per heavy atom. The van der Waals surface area contributed by atoms with Crippen molar-refractivity contribution < 1.29 is 23.8 Å². The van der Waals surface area contributed by atoms with Crippen LogP contribution in [0.1, 0.15) is 33.1 Å². The van der Waals surface area contributed by atoms with Crippen LogP contribution >= 0.6 is 0 Å². The van der Waals surface area contributed by atoms with Crippen molar-refractivity contribution >= 4 is 11.9 Å². The van der Waals surface area contributed by atoms with Gasteiger partial charge in [-0.1, -0.05) is 13.3 Å². The van der Waals surface area contributed by atoms with Crippen molar-refractivity contribution in [1.82, 2.24) is 5.32 Å². The molecule has 0 saturated carbocycles. The van der Waals surface area contributed by atoms with Crippen molar-refractivity contribution in [2.24, 2.45) is 0 Å². The summed E-state index contributed by atoms with van der Waals surface area (Å²) in [7, 11) is 0. The summed E-state index contributed by atoms with van der Waals surface area (Å²) in [6.45, 7) is 3.43. The molecule has 21 heavy (non-hydrogen) atoms. The molecule has 0 spiro atoms. The van der Waals surface area contributed by atoms with Crippen molar-refractivity contribution in [3.63, 3.8) is 0 Å². The Bertz CT molecular complexity index is 489. The van der Waals surface area contributed by atoms with E-state index in [1.165, 1.54) is 31.2 Å². The summed E-state index contributed by atoms with van der Waals surface area (Å²) in [5, 5.41) is 11.7. The Morgan fingerprint density at radius 2 is 1.95 bits per heavy atom. The van der Waals surface area contributed by atoms with Gasteiger partial charge in [0.15, 0.2) is 0 Å². The number of carbonyl (C=O) groups excluding carboxylic acids is 1. The number of hydrogen-bond acceptors (Lipinski definition) is 3. The number of hydrogen-bond donors (Lipinski definition) is 2. The summed E-state index contributed by atoms with van der Waals surface area (Å²) < 4.78 is 18.0. The topological polar surface area (TPSA) is 75.6 Å². The molecule has 0 aromatic heterocycles. The van der Waals surface area contributed by atoms with E-state index >= 15 is 0 Å². The fraction of sp³-hybridized carbons (Fsp3) is 0.467. The average molecular weight is 297 g/mol. The van der Waals surface area contributed by atoms with Crippen LogP contribution in [0.25, 0.3) is 0 Å². The predicted octanol–water partition coefficient (Wildman–Crippen LogP) is 2.35. The summed E-state index contributed by atoms with van der Waals surface area (Å²) in [6.07, 6.45) is 1.03. The van der Waals surface area contributed by atoms with Crippen molar-refractivity contribution in [2.75, 3.05) is 6.61 Å². The number of carbonyl (C=O) groups is 2. The van der Waals surface area contributed by atoms with Gasteiger partial charge >= 0.3 is 5.97 Å². The van der Waals surface area contributed by atoms with Crippen molar-refractivity contribution in [2.45, 2.75) is 38.6 Å². The van der Waals surface area contributed by atoms with Gasteiger partial charge in [-0.05, 0) is 37.6 Å². The fourth-order valence-electron chi connectivity index (χ4n) is 1.89. The molecule has 0 saturated heterocycles. The largest absolute Gasteiger partial charge is 0.493 e. The molecule has 116 valence electrons. The molecule has 1 atom stereocenters. The van der Waals surface area contributed by atoms with E-state index in [1.54, 1.807) is 0 Å². The van der Waals surface area contributed by atoms with Crippen LogP contribution in [0.3, 0.4) is 0 Å². The molecule has 0 aliphatic rings. The second-order valence-electron chi connectivity index (χ2n) is 4.99. The Morgan fingerprint density at radius 3 is 2.48 bits per heavy atom. The minimum absolute atomic E-state index is 0.0317. The highest BCUT2D eigenvalue weighted by Gasteiger charge is 2.33. The summed E-state index contributed by atoms with van der Waals surface area (Å²) in [5.41, 5.74) is -1.26. The highest BCUT2D eigenvalue weighted by Crippen LogP contribution is 2.14. The molecule has 0 radical (unpaired) electrons. The first-order chi connectivity index (χ1) is 9.87. The first kappa shape index (κ1) is 16.9.